The van der Waals surface area contributed by atoms with Crippen molar-refractivity contribution < 1.29 is 43.9 Å². The Bertz CT molecular complexity index is 1740. The molecule has 63 heavy (non-hydrogen) atoms. The Hall–Kier alpha value is -3.39. The van der Waals surface area contributed by atoms with Gasteiger partial charge in [0.25, 0.3) is 0 Å². The lowest BCUT2D eigenvalue weighted by atomic mass is 9.55. The molecule has 6 atom stereocenters. The molecule has 11 nitrogen and oxygen atoms in total. The Morgan fingerprint density at radius 1 is 0.905 bits per heavy atom. The van der Waals surface area contributed by atoms with Gasteiger partial charge in [0.15, 0.2) is 0 Å². The standard InChI is InChI=1S/C51H76N2O9S/c1-5-7-8-9-10-11-12-13-14-21-48(57)53(28-33-59-34-31-56)47-37-45(52-58-3)43-35-38(19-15-17-29-54)42(20-16-18-30-55)49-44-36-40(61-39-22-25-41(63-4)26-23-39)24-27-46(44)62-51(47,50(43)49)60-32-6-2/h6,22-27,35-36,38,42,47,49-50,54-56H,2,5,7-21,28-34,37H2,1,3-4H3/t38-,42+,47-,49+,50+,51+/m0/s1. The number of hydrogen-bond donors (Lipinski definition) is 3. The van der Waals surface area contributed by atoms with Crippen LogP contribution in [0.15, 0.2) is 76.8 Å². The molecule has 1 fully saturated rings. The van der Waals surface area contributed by atoms with Crippen LogP contribution in [0.1, 0.15) is 128 Å². The van der Waals surface area contributed by atoms with Gasteiger partial charge in [-0.1, -0.05) is 88.4 Å². The van der Waals surface area contributed by atoms with Crippen LogP contribution in [0.3, 0.4) is 0 Å². The zero-order valence-electron chi connectivity index (χ0n) is 38.4. The number of hydrogen-bond acceptors (Lipinski definition) is 11. The summed E-state index contributed by atoms with van der Waals surface area (Å²) in [5.74, 6) is 0.379. The number of nitrogens with zero attached hydrogens (tertiary/aromatic N) is 2. The Labute approximate surface area is 381 Å². The number of unbranched alkanes of at least 4 members (excludes halogenated alkanes) is 10. The fourth-order valence-corrected chi connectivity index (χ4v) is 10.5. The van der Waals surface area contributed by atoms with Gasteiger partial charge in [0.2, 0.25) is 11.7 Å². The van der Waals surface area contributed by atoms with Gasteiger partial charge in [0.1, 0.15) is 30.4 Å². The second-order valence-electron chi connectivity index (χ2n) is 17.2. The summed E-state index contributed by atoms with van der Waals surface area (Å²) in [6.45, 7) is 7.28. The van der Waals surface area contributed by atoms with Crippen LogP contribution in [-0.2, 0) is 19.1 Å². The molecule has 0 spiro atoms. The number of carbonyl (C=O) groups is 1. The molecular formula is C51H76N2O9S. The molecule has 0 saturated heterocycles. The van der Waals surface area contributed by atoms with Gasteiger partial charge in [-0.25, -0.2) is 0 Å². The van der Waals surface area contributed by atoms with Gasteiger partial charge >= 0.3 is 0 Å². The highest BCUT2D eigenvalue weighted by Gasteiger charge is 2.65. The summed E-state index contributed by atoms with van der Waals surface area (Å²) in [6, 6.07) is 13.5. The van der Waals surface area contributed by atoms with Crippen molar-refractivity contribution in [2.45, 2.75) is 139 Å². The summed E-state index contributed by atoms with van der Waals surface area (Å²) < 4.78 is 26.9. The largest absolute Gasteiger partial charge is 0.459 e. The molecule has 1 heterocycles. The maximum Gasteiger partial charge on any atom is 0.239 e. The van der Waals surface area contributed by atoms with Crippen molar-refractivity contribution in [1.82, 2.24) is 4.90 Å². The van der Waals surface area contributed by atoms with Crippen molar-refractivity contribution in [1.29, 1.82) is 0 Å². The monoisotopic (exact) mass is 893 g/mol. The maximum atomic E-state index is 14.8. The second kappa shape index (κ2) is 27.2. The summed E-state index contributed by atoms with van der Waals surface area (Å²) in [6.07, 6.45) is 21.9. The number of benzene rings is 2. The maximum absolute atomic E-state index is 14.8. The SMILES string of the molecule is C=CCO[C@@]12Oc3ccc(Oc4ccc(SC)cc4)cc3[C@H]3[C@H](CCCCO)[C@@H](CCCCO)C=C(C(=NOC)C[C@@H]1N(CCOCCO)C(=O)CCCCCCCCCCC)[C@H]32. The molecule has 2 aromatic rings. The Kier molecular flexibility index (Phi) is 21.8. The van der Waals surface area contributed by atoms with Crippen molar-refractivity contribution in [3.05, 3.63) is 72.3 Å². The number of rotatable bonds is 31. The third kappa shape index (κ3) is 13.6. The van der Waals surface area contributed by atoms with E-state index in [-0.39, 0.29) is 69.8 Å². The van der Waals surface area contributed by atoms with Gasteiger partial charge in [-0.2, -0.15) is 0 Å². The van der Waals surface area contributed by atoms with Crippen molar-refractivity contribution in [3.8, 4) is 17.2 Å². The van der Waals surface area contributed by atoms with E-state index in [0.29, 0.717) is 37.2 Å². The van der Waals surface area contributed by atoms with E-state index in [2.05, 4.69) is 44.0 Å². The average Bonchev–Trinajstić information content (AvgIpc) is 3.29. The first kappa shape index (κ1) is 50.6. The lowest BCUT2D eigenvalue weighted by molar-refractivity contribution is -0.258. The van der Waals surface area contributed by atoms with Crippen molar-refractivity contribution >= 4 is 23.4 Å². The summed E-state index contributed by atoms with van der Waals surface area (Å²) >= 11 is 1.68. The van der Waals surface area contributed by atoms with E-state index in [1.165, 1.54) is 38.5 Å². The summed E-state index contributed by atoms with van der Waals surface area (Å²) in [4.78, 5) is 23.5. The van der Waals surface area contributed by atoms with E-state index < -0.39 is 17.7 Å². The first-order valence-electron chi connectivity index (χ1n) is 23.8. The minimum absolute atomic E-state index is 0.000639. The first-order valence-corrected chi connectivity index (χ1v) is 25.0. The highest BCUT2D eigenvalue weighted by atomic mass is 32.2. The molecular weight excluding hydrogens is 817 g/mol. The van der Waals surface area contributed by atoms with E-state index in [0.717, 1.165) is 72.4 Å². The molecule has 0 bridgehead atoms. The quantitative estimate of drug-likeness (QED) is 0.0290. The molecule has 12 heteroatoms. The molecule has 3 N–H and O–H groups in total. The normalized spacial score (nSPS) is 23.0. The minimum atomic E-state index is -1.35. The van der Waals surface area contributed by atoms with Crippen molar-refractivity contribution in [3.63, 3.8) is 0 Å². The zero-order chi connectivity index (χ0) is 44.9. The molecule has 0 radical (unpaired) electrons. The van der Waals surface area contributed by atoms with E-state index >= 15 is 0 Å². The van der Waals surface area contributed by atoms with Gasteiger partial charge in [-0.05, 0) is 98.2 Å². The summed E-state index contributed by atoms with van der Waals surface area (Å²) in [5.41, 5.74) is 2.74. The number of aliphatic hydroxyl groups excluding tert-OH is 3. The Morgan fingerprint density at radius 3 is 2.27 bits per heavy atom. The number of carbonyl (C=O) groups excluding carboxylic acids is 1. The lowest BCUT2D eigenvalue weighted by Gasteiger charge is -2.60. The van der Waals surface area contributed by atoms with Crippen molar-refractivity contribution in [2.24, 2.45) is 22.9 Å². The highest BCUT2D eigenvalue weighted by molar-refractivity contribution is 7.98. The topological polar surface area (TPSA) is 140 Å². The predicted octanol–water partition coefficient (Wildman–Crippen LogP) is 10.2. The average molecular weight is 893 g/mol. The Morgan fingerprint density at radius 2 is 1.60 bits per heavy atom. The molecule has 1 saturated carbocycles. The molecule has 0 aromatic heterocycles. The number of oxime groups is 1. The van der Waals surface area contributed by atoms with E-state index in [4.69, 9.17) is 28.9 Å². The zero-order valence-corrected chi connectivity index (χ0v) is 39.2. The number of ether oxygens (including phenoxy) is 4. The number of thioether (sulfide) groups is 1. The van der Waals surface area contributed by atoms with Gasteiger partial charge in [0.05, 0.1) is 38.1 Å². The molecule has 350 valence electrons. The number of amides is 1. The lowest BCUT2D eigenvalue weighted by Crippen LogP contribution is -2.70. The number of aliphatic hydroxyl groups is 3. The van der Waals surface area contributed by atoms with Crippen LogP contribution in [0.25, 0.3) is 0 Å². The molecule has 2 aliphatic carbocycles. The van der Waals surface area contributed by atoms with Crippen LogP contribution < -0.4 is 9.47 Å². The predicted molar refractivity (Wildman–Crippen MR) is 252 cm³/mol. The second-order valence-corrected chi connectivity index (χ2v) is 18.1. The number of allylic oxidation sites excluding steroid dienone is 1. The van der Waals surface area contributed by atoms with Crippen LogP contribution in [-0.4, -0.2) is 103 Å². The van der Waals surface area contributed by atoms with Crippen LogP contribution in [0.2, 0.25) is 0 Å². The molecule has 5 rings (SSSR count). The minimum Gasteiger partial charge on any atom is -0.459 e. The third-order valence-electron chi connectivity index (χ3n) is 13.0. The van der Waals surface area contributed by atoms with Crippen LogP contribution in [0.5, 0.6) is 17.2 Å². The van der Waals surface area contributed by atoms with Crippen LogP contribution >= 0.6 is 11.8 Å². The molecule has 3 aliphatic rings. The van der Waals surface area contributed by atoms with Gasteiger partial charge in [-0.15, -0.1) is 18.3 Å². The van der Waals surface area contributed by atoms with Gasteiger partial charge in [-0.3, -0.25) is 4.79 Å². The first-order chi connectivity index (χ1) is 30.9. The molecule has 0 unspecified atom stereocenters. The Balaban J connectivity index is 1.62. The van der Waals surface area contributed by atoms with Crippen LogP contribution in [0, 0.1) is 17.8 Å². The van der Waals surface area contributed by atoms with E-state index in [1.807, 2.05) is 29.2 Å². The molecule has 2 aromatic carbocycles. The highest BCUT2D eigenvalue weighted by Crippen LogP contribution is 2.62. The van der Waals surface area contributed by atoms with Crippen LogP contribution in [0.4, 0.5) is 0 Å². The smallest absolute Gasteiger partial charge is 0.239 e. The van der Waals surface area contributed by atoms with Crippen molar-refractivity contribution in [2.75, 3.05) is 59.6 Å². The molecule has 1 amide bonds. The summed E-state index contributed by atoms with van der Waals surface area (Å²) in [5, 5.41) is 34.2. The fourth-order valence-electron chi connectivity index (χ4n) is 10.1. The third-order valence-corrected chi connectivity index (χ3v) is 13.8. The van der Waals surface area contributed by atoms with E-state index in [1.54, 1.807) is 24.9 Å². The molecule has 1 aliphatic heterocycles. The van der Waals surface area contributed by atoms with E-state index in [9.17, 15) is 20.1 Å². The fraction of sp³-hybridized carbons (Fsp3) is 0.647. The van der Waals surface area contributed by atoms with Gasteiger partial charge in [0, 0.05) is 49.0 Å². The number of fused-ring (bicyclic) bond motifs is 2. The van der Waals surface area contributed by atoms with Gasteiger partial charge < -0.3 is 44.0 Å². The summed E-state index contributed by atoms with van der Waals surface area (Å²) in [7, 11) is 1.56.